The van der Waals surface area contributed by atoms with Gasteiger partial charge < -0.3 is 5.73 Å². The summed E-state index contributed by atoms with van der Waals surface area (Å²) >= 11 is 5.98. The number of carbonyl (C=O) groups excluding carboxylic acids is 1. The molecule has 2 aromatic rings. The molecule has 0 aliphatic carbocycles. The zero-order valence-electron chi connectivity index (χ0n) is 9.19. The molecule has 0 radical (unpaired) electrons. The van der Waals surface area contributed by atoms with Gasteiger partial charge >= 0.3 is 0 Å². The van der Waals surface area contributed by atoms with Crippen molar-refractivity contribution in [2.24, 2.45) is 0 Å². The maximum absolute atomic E-state index is 12.0. The van der Waals surface area contributed by atoms with Crippen LogP contribution in [0.2, 0.25) is 5.02 Å². The number of carbonyl (C=O) groups is 1. The average molecular weight is 246 g/mol. The molecule has 2 rings (SSSR count). The van der Waals surface area contributed by atoms with Crippen molar-refractivity contribution in [3.05, 3.63) is 64.7 Å². The zero-order chi connectivity index (χ0) is 12.3. The predicted molar refractivity (Wildman–Crippen MR) is 70.3 cm³/mol. The molecule has 0 unspecified atom stereocenters. The Hall–Kier alpha value is -1.80. The van der Waals surface area contributed by atoms with E-state index in [-0.39, 0.29) is 5.78 Å². The molecule has 0 atom stereocenters. The summed E-state index contributed by atoms with van der Waals surface area (Å²) in [6.45, 7) is 0. The van der Waals surface area contributed by atoms with Crippen molar-refractivity contribution in [1.29, 1.82) is 0 Å². The second-order valence-electron chi connectivity index (χ2n) is 3.82. The van der Waals surface area contributed by atoms with Crippen LogP contribution in [-0.4, -0.2) is 5.78 Å². The lowest BCUT2D eigenvalue weighted by Gasteiger charge is -2.05. The molecule has 0 saturated heterocycles. The van der Waals surface area contributed by atoms with Gasteiger partial charge in [-0.3, -0.25) is 4.79 Å². The molecule has 0 fully saturated rings. The molecule has 0 spiro atoms. The maximum atomic E-state index is 12.0. The molecule has 86 valence electrons. The van der Waals surface area contributed by atoms with Gasteiger partial charge in [0.25, 0.3) is 0 Å². The van der Waals surface area contributed by atoms with Gasteiger partial charge in [-0.1, -0.05) is 41.9 Å². The van der Waals surface area contributed by atoms with Gasteiger partial charge in [-0.2, -0.15) is 0 Å². The Morgan fingerprint density at radius 3 is 2.53 bits per heavy atom. The second kappa shape index (κ2) is 5.02. The lowest BCUT2D eigenvalue weighted by atomic mass is 10.0. The summed E-state index contributed by atoms with van der Waals surface area (Å²) in [4.78, 5) is 12.0. The van der Waals surface area contributed by atoms with Crippen LogP contribution in [0.1, 0.15) is 15.9 Å². The van der Waals surface area contributed by atoms with Crippen LogP contribution in [0.4, 0.5) is 5.69 Å². The summed E-state index contributed by atoms with van der Waals surface area (Å²) in [6, 6.07) is 14.5. The molecule has 0 amide bonds. The van der Waals surface area contributed by atoms with E-state index >= 15 is 0 Å². The maximum Gasteiger partial charge on any atom is 0.168 e. The Bertz CT molecular complexity index is 537. The highest BCUT2D eigenvalue weighted by atomic mass is 35.5. The first kappa shape index (κ1) is 11.7. The summed E-state index contributed by atoms with van der Waals surface area (Å²) in [5.74, 6) is -0.0199. The molecule has 0 heterocycles. The molecule has 2 nitrogen and oxygen atoms in total. The van der Waals surface area contributed by atoms with Crippen LogP contribution in [-0.2, 0) is 6.42 Å². The number of nitrogens with two attached hydrogens (primary N) is 1. The van der Waals surface area contributed by atoms with Crippen LogP contribution in [0.25, 0.3) is 0 Å². The quantitative estimate of drug-likeness (QED) is 0.666. The largest absolute Gasteiger partial charge is 0.399 e. The van der Waals surface area contributed by atoms with Crippen molar-refractivity contribution >= 4 is 23.1 Å². The van der Waals surface area contributed by atoms with Crippen molar-refractivity contribution in [2.45, 2.75) is 6.42 Å². The molecule has 0 aliphatic rings. The monoisotopic (exact) mass is 245 g/mol. The minimum Gasteiger partial charge on any atom is -0.399 e. The molecular weight excluding hydrogens is 234 g/mol. The second-order valence-corrected chi connectivity index (χ2v) is 4.23. The fourth-order valence-corrected chi connectivity index (χ4v) is 1.86. The van der Waals surface area contributed by atoms with Gasteiger partial charge in [-0.15, -0.1) is 0 Å². The highest BCUT2D eigenvalue weighted by Gasteiger charge is 2.11. The highest BCUT2D eigenvalue weighted by molar-refractivity contribution is 6.34. The topological polar surface area (TPSA) is 43.1 Å². The van der Waals surface area contributed by atoms with E-state index in [1.54, 1.807) is 18.2 Å². The molecule has 2 aromatic carbocycles. The molecule has 0 aliphatic heterocycles. The van der Waals surface area contributed by atoms with Crippen LogP contribution < -0.4 is 5.73 Å². The Balaban J connectivity index is 2.23. The first-order valence-corrected chi connectivity index (χ1v) is 5.67. The number of hydrogen-bond donors (Lipinski definition) is 1. The summed E-state index contributed by atoms with van der Waals surface area (Å²) in [5, 5.41) is 0.445. The number of nitrogen functional groups attached to an aromatic ring is 1. The molecule has 0 aromatic heterocycles. The van der Waals surface area contributed by atoms with Crippen LogP contribution in [0.15, 0.2) is 48.5 Å². The number of ketones is 1. The van der Waals surface area contributed by atoms with E-state index in [9.17, 15) is 4.79 Å². The first-order valence-electron chi connectivity index (χ1n) is 5.29. The summed E-state index contributed by atoms with van der Waals surface area (Å²) in [6.07, 6.45) is 0.337. The van der Waals surface area contributed by atoms with Crippen LogP contribution in [0.5, 0.6) is 0 Å². The number of hydrogen-bond acceptors (Lipinski definition) is 2. The fourth-order valence-electron chi connectivity index (χ4n) is 1.63. The molecule has 17 heavy (non-hydrogen) atoms. The van der Waals surface area contributed by atoms with Crippen molar-refractivity contribution in [1.82, 2.24) is 0 Å². The standard InChI is InChI=1S/C14H12ClNO/c15-13-7-6-11(16)9-12(13)14(17)8-10-4-2-1-3-5-10/h1-7,9H,8,16H2. The van der Waals surface area contributed by atoms with E-state index in [1.807, 2.05) is 30.3 Å². The molecule has 2 N–H and O–H groups in total. The first-order chi connectivity index (χ1) is 8.16. The van der Waals surface area contributed by atoms with E-state index < -0.39 is 0 Å². The minimum absolute atomic E-state index is 0.0199. The van der Waals surface area contributed by atoms with Crippen LogP contribution >= 0.6 is 11.6 Å². The lowest BCUT2D eigenvalue weighted by molar-refractivity contribution is 0.0993. The van der Waals surface area contributed by atoms with Crippen molar-refractivity contribution in [3.63, 3.8) is 0 Å². The number of anilines is 1. The number of benzene rings is 2. The summed E-state index contributed by atoms with van der Waals surface area (Å²) in [5.41, 5.74) is 7.65. The smallest absolute Gasteiger partial charge is 0.168 e. The van der Waals surface area contributed by atoms with Gasteiger partial charge in [0.2, 0.25) is 0 Å². The number of Topliss-reactive ketones (excluding diaryl/α,β-unsaturated/α-hetero) is 1. The van der Waals surface area contributed by atoms with Gasteiger partial charge in [0, 0.05) is 17.7 Å². The minimum atomic E-state index is -0.0199. The van der Waals surface area contributed by atoms with E-state index in [0.717, 1.165) is 5.56 Å². The number of rotatable bonds is 3. The van der Waals surface area contributed by atoms with Gasteiger partial charge in [-0.05, 0) is 23.8 Å². The van der Waals surface area contributed by atoms with E-state index in [0.29, 0.717) is 22.7 Å². The van der Waals surface area contributed by atoms with Gasteiger partial charge in [0.15, 0.2) is 5.78 Å². The molecule has 0 bridgehead atoms. The van der Waals surface area contributed by atoms with Crippen LogP contribution in [0.3, 0.4) is 0 Å². The van der Waals surface area contributed by atoms with Crippen molar-refractivity contribution in [3.8, 4) is 0 Å². The Kier molecular flexibility index (Phi) is 3.45. The molecule has 3 heteroatoms. The molecule has 0 saturated carbocycles. The molecular formula is C14H12ClNO. The van der Waals surface area contributed by atoms with E-state index in [2.05, 4.69) is 0 Å². The highest BCUT2D eigenvalue weighted by Crippen LogP contribution is 2.20. The number of halogens is 1. The third-order valence-electron chi connectivity index (χ3n) is 2.50. The lowest BCUT2D eigenvalue weighted by Crippen LogP contribution is -2.05. The Morgan fingerprint density at radius 1 is 1.12 bits per heavy atom. The third-order valence-corrected chi connectivity index (χ3v) is 2.83. The van der Waals surface area contributed by atoms with Crippen molar-refractivity contribution in [2.75, 3.05) is 5.73 Å². The zero-order valence-corrected chi connectivity index (χ0v) is 9.95. The van der Waals surface area contributed by atoms with Gasteiger partial charge in [-0.25, -0.2) is 0 Å². The Labute approximate surface area is 105 Å². The summed E-state index contributed by atoms with van der Waals surface area (Å²) in [7, 11) is 0. The average Bonchev–Trinajstić information content (AvgIpc) is 2.33. The Morgan fingerprint density at radius 2 is 1.82 bits per heavy atom. The van der Waals surface area contributed by atoms with E-state index in [4.69, 9.17) is 17.3 Å². The normalized spacial score (nSPS) is 10.2. The van der Waals surface area contributed by atoms with Crippen LogP contribution in [0, 0.1) is 0 Å². The van der Waals surface area contributed by atoms with Gasteiger partial charge in [0.05, 0.1) is 5.02 Å². The fraction of sp³-hybridized carbons (Fsp3) is 0.0714. The SMILES string of the molecule is Nc1ccc(Cl)c(C(=O)Cc2ccccc2)c1. The predicted octanol–water partition coefficient (Wildman–Crippen LogP) is 3.35. The van der Waals surface area contributed by atoms with Crippen molar-refractivity contribution < 1.29 is 4.79 Å². The van der Waals surface area contributed by atoms with E-state index in [1.165, 1.54) is 0 Å². The third kappa shape index (κ3) is 2.86. The van der Waals surface area contributed by atoms with Gasteiger partial charge in [0.1, 0.15) is 0 Å². The summed E-state index contributed by atoms with van der Waals surface area (Å²) < 4.78 is 0.